The summed E-state index contributed by atoms with van der Waals surface area (Å²) in [4.78, 5) is 15.6. The van der Waals surface area contributed by atoms with E-state index >= 15 is 0 Å². The minimum Gasteiger partial charge on any atom is -0.472 e. The predicted molar refractivity (Wildman–Crippen MR) is 73.5 cm³/mol. The van der Waals surface area contributed by atoms with E-state index in [0.29, 0.717) is 0 Å². The molecule has 0 spiro atoms. The molecular formula is C14H20F2N2O3. The summed E-state index contributed by atoms with van der Waals surface area (Å²) in [7, 11) is 0. The summed E-state index contributed by atoms with van der Waals surface area (Å²) in [5, 5.41) is 12.6. The van der Waals surface area contributed by atoms with Crippen molar-refractivity contribution < 1.29 is 23.4 Å². The van der Waals surface area contributed by atoms with Crippen LogP contribution in [0.3, 0.4) is 0 Å². The first-order valence-electron chi connectivity index (χ1n) is 6.60. The van der Waals surface area contributed by atoms with Crippen molar-refractivity contribution >= 4 is 5.91 Å². The van der Waals surface area contributed by atoms with Gasteiger partial charge in [0, 0.05) is 18.8 Å². The van der Waals surface area contributed by atoms with Crippen molar-refractivity contribution in [1.29, 1.82) is 0 Å². The molecule has 118 valence electrons. The normalized spacial score (nSPS) is 14.1. The van der Waals surface area contributed by atoms with Crippen molar-refractivity contribution in [2.45, 2.75) is 32.8 Å². The first-order valence-corrected chi connectivity index (χ1v) is 6.60. The van der Waals surface area contributed by atoms with Crippen LogP contribution in [0.15, 0.2) is 18.3 Å². The zero-order valence-corrected chi connectivity index (χ0v) is 12.3. The average Bonchev–Trinajstić information content (AvgIpc) is 2.43. The Bertz CT molecular complexity index is 462. The maximum absolute atomic E-state index is 12.0. The van der Waals surface area contributed by atoms with Crippen LogP contribution in [0.2, 0.25) is 0 Å². The van der Waals surface area contributed by atoms with E-state index in [0.717, 1.165) is 0 Å². The third-order valence-electron chi connectivity index (χ3n) is 3.21. The summed E-state index contributed by atoms with van der Waals surface area (Å²) >= 11 is 0. The van der Waals surface area contributed by atoms with Gasteiger partial charge in [0.1, 0.15) is 0 Å². The molecule has 1 atom stereocenters. The molecule has 1 heterocycles. The molecule has 0 bridgehead atoms. The standard InChI is InChI=1S/C14H20F2N2O3/c1-9(2)14(3,20)8-18-13(19)10-4-5-12(17-6-10)21-7-11(15)16/h4-6,9,11,20H,7-8H2,1-3H3,(H,18,19). The lowest BCUT2D eigenvalue weighted by Crippen LogP contribution is -2.44. The number of amides is 1. The molecule has 0 aliphatic carbocycles. The lowest BCUT2D eigenvalue weighted by atomic mass is 9.92. The molecule has 2 N–H and O–H groups in total. The summed E-state index contributed by atoms with van der Waals surface area (Å²) in [6, 6.07) is 2.77. The molecule has 0 aromatic carbocycles. The van der Waals surface area contributed by atoms with Crippen LogP contribution in [0, 0.1) is 5.92 Å². The lowest BCUT2D eigenvalue weighted by molar-refractivity contribution is 0.0142. The number of carbonyl (C=O) groups excluding carboxylic acids is 1. The largest absolute Gasteiger partial charge is 0.472 e. The Morgan fingerprint density at radius 1 is 1.48 bits per heavy atom. The summed E-state index contributed by atoms with van der Waals surface area (Å²) in [5.41, 5.74) is -0.748. The minimum atomic E-state index is -2.58. The van der Waals surface area contributed by atoms with Crippen molar-refractivity contribution in [1.82, 2.24) is 10.3 Å². The van der Waals surface area contributed by atoms with Gasteiger partial charge in [0.25, 0.3) is 12.3 Å². The van der Waals surface area contributed by atoms with Crippen LogP contribution in [0.25, 0.3) is 0 Å². The molecule has 7 heteroatoms. The lowest BCUT2D eigenvalue weighted by Gasteiger charge is -2.27. The number of nitrogens with one attached hydrogen (secondary N) is 1. The average molecular weight is 302 g/mol. The van der Waals surface area contributed by atoms with E-state index in [2.05, 4.69) is 10.3 Å². The third kappa shape index (κ3) is 5.63. The predicted octanol–water partition coefficient (Wildman–Crippen LogP) is 1.86. The molecule has 0 aliphatic heterocycles. The number of nitrogens with zero attached hydrogens (tertiary/aromatic N) is 1. The monoisotopic (exact) mass is 302 g/mol. The van der Waals surface area contributed by atoms with Crippen LogP contribution >= 0.6 is 0 Å². The summed E-state index contributed by atoms with van der Waals surface area (Å²) in [5.74, 6) is -0.383. The van der Waals surface area contributed by atoms with Crippen LogP contribution < -0.4 is 10.1 Å². The number of rotatable bonds is 7. The van der Waals surface area contributed by atoms with Crippen LogP contribution in [0.1, 0.15) is 31.1 Å². The van der Waals surface area contributed by atoms with Gasteiger partial charge in [0.15, 0.2) is 6.61 Å². The van der Waals surface area contributed by atoms with Gasteiger partial charge >= 0.3 is 0 Å². The Morgan fingerprint density at radius 3 is 2.62 bits per heavy atom. The smallest absolute Gasteiger partial charge is 0.272 e. The van der Waals surface area contributed by atoms with Gasteiger partial charge in [-0.15, -0.1) is 0 Å². The number of pyridine rings is 1. The van der Waals surface area contributed by atoms with E-state index in [4.69, 9.17) is 4.74 Å². The van der Waals surface area contributed by atoms with E-state index in [9.17, 15) is 18.7 Å². The maximum atomic E-state index is 12.0. The molecule has 5 nitrogen and oxygen atoms in total. The van der Waals surface area contributed by atoms with Gasteiger partial charge in [0.05, 0.1) is 11.2 Å². The molecule has 1 amide bonds. The van der Waals surface area contributed by atoms with E-state index < -0.39 is 24.5 Å². The van der Waals surface area contributed by atoms with E-state index in [1.165, 1.54) is 18.3 Å². The van der Waals surface area contributed by atoms with Crippen molar-refractivity contribution in [3.8, 4) is 5.88 Å². The fourth-order valence-electron chi connectivity index (χ4n) is 1.31. The van der Waals surface area contributed by atoms with Gasteiger partial charge in [-0.05, 0) is 18.9 Å². The van der Waals surface area contributed by atoms with E-state index in [1.807, 2.05) is 13.8 Å². The van der Waals surface area contributed by atoms with Crippen LogP contribution in [0.5, 0.6) is 5.88 Å². The molecule has 0 radical (unpaired) electrons. The molecular weight excluding hydrogens is 282 g/mol. The zero-order chi connectivity index (χ0) is 16.0. The van der Waals surface area contributed by atoms with Crippen molar-refractivity contribution in [2.75, 3.05) is 13.2 Å². The zero-order valence-electron chi connectivity index (χ0n) is 12.3. The number of aromatic nitrogens is 1. The maximum Gasteiger partial charge on any atom is 0.272 e. The minimum absolute atomic E-state index is 0.0129. The fraction of sp³-hybridized carbons (Fsp3) is 0.571. The summed E-state index contributed by atoms with van der Waals surface area (Å²) < 4.78 is 28.6. The molecule has 0 saturated heterocycles. The van der Waals surface area contributed by atoms with Gasteiger partial charge in [-0.3, -0.25) is 4.79 Å². The number of hydrogen-bond acceptors (Lipinski definition) is 4. The number of carbonyl (C=O) groups is 1. The SMILES string of the molecule is CC(C)C(C)(O)CNC(=O)c1ccc(OCC(F)F)nc1. The molecule has 0 fully saturated rings. The molecule has 0 aliphatic rings. The Balaban J connectivity index is 2.55. The van der Waals surface area contributed by atoms with Crippen molar-refractivity contribution in [3.05, 3.63) is 23.9 Å². The quantitative estimate of drug-likeness (QED) is 0.806. The van der Waals surface area contributed by atoms with Crippen LogP contribution in [0.4, 0.5) is 8.78 Å². The molecule has 1 aromatic heterocycles. The highest BCUT2D eigenvalue weighted by molar-refractivity contribution is 5.93. The Labute approximate surface area is 122 Å². The van der Waals surface area contributed by atoms with Crippen LogP contribution in [-0.2, 0) is 0 Å². The first-order chi connectivity index (χ1) is 9.72. The van der Waals surface area contributed by atoms with Crippen LogP contribution in [-0.4, -0.2) is 41.2 Å². The molecule has 21 heavy (non-hydrogen) atoms. The second kappa shape index (κ2) is 7.31. The molecule has 1 unspecified atom stereocenters. The van der Waals surface area contributed by atoms with Gasteiger partial charge in [-0.1, -0.05) is 13.8 Å². The molecule has 1 rings (SSSR count). The van der Waals surface area contributed by atoms with Gasteiger partial charge in [-0.2, -0.15) is 0 Å². The number of alkyl halides is 2. The highest BCUT2D eigenvalue weighted by atomic mass is 19.3. The van der Waals surface area contributed by atoms with Crippen molar-refractivity contribution in [2.24, 2.45) is 5.92 Å². The van der Waals surface area contributed by atoms with Gasteiger partial charge in [-0.25, -0.2) is 13.8 Å². The van der Waals surface area contributed by atoms with Gasteiger partial charge < -0.3 is 15.2 Å². The van der Waals surface area contributed by atoms with E-state index in [-0.39, 0.29) is 23.9 Å². The fourth-order valence-corrected chi connectivity index (χ4v) is 1.31. The summed E-state index contributed by atoms with van der Waals surface area (Å²) in [6.07, 6.45) is -1.34. The summed E-state index contributed by atoms with van der Waals surface area (Å²) in [6.45, 7) is 4.70. The highest BCUT2D eigenvalue weighted by Crippen LogP contribution is 2.15. The Morgan fingerprint density at radius 2 is 2.14 bits per heavy atom. The molecule has 0 saturated carbocycles. The van der Waals surface area contributed by atoms with Gasteiger partial charge in [0.2, 0.25) is 5.88 Å². The second-order valence-electron chi connectivity index (χ2n) is 5.28. The van der Waals surface area contributed by atoms with Crippen molar-refractivity contribution in [3.63, 3.8) is 0 Å². The van der Waals surface area contributed by atoms with E-state index in [1.54, 1.807) is 6.92 Å². The number of ether oxygens (including phenoxy) is 1. The third-order valence-corrected chi connectivity index (χ3v) is 3.21. The number of halogens is 2. The number of aliphatic hydroxyl groups is 1. The second-order valence-corrected chi connectivity index (χ2v) is 5.28. The number of hydrogen-bond donors (Lipinski definition) is 2. The highest BCUT2D eigenvalue weighted by Gasteiger charge is 2.25. The Kier molecular flexibility index (Phi) is 6.02. The molecule has 1 aromatic rings. The first kappa shape index (κ1) is 17.3. The topological polar surface area (TPSA) is 71.5 Å². The Hall–Kier alpha value is -1.76.